The summed E-state index contributed by atoms with van der Waals surface area (Å²) < 4.78 is 2.01. The number of fused-ring (bicyclic) bond motifs is 3. The number of aromatic nitrogens is 1. The van der Waals surface area contributed by atoms with Gasteiger partial charge in [0.15, 0.2) is 17.7 Å². The van der Waals surface area contributed by atoms with Gasteiger partial charge < -0.3 is 10.2 Å². The van der Waals surface area contributed by atoms with Crippen molar-refractivity contribution in [3.05, 3.63) is 42.6 Å². The van der Waals surface area contributed by atoms with Crippen molar-refractivity contribution in [2.75, 3.05) is 0 Å². The zero-order chi connectivity index (χ0) is 12.0. The van der Waals surface area contributed by atoms with E-state index < -0.39 is 0 Å². The monoisotopic (exact) mass is 226 g/mol. The molecule has 0 aliphatic rings. The molecule has 3 aromatic rings. The van der Waals surface area contributed by atoms with Gasteiger partial charge in [0.1, 0.15) is 7.05 Å². The first-order valence-corrected chi connectivity index (χ1v) is 5.40. The third-order valence-corrected chi connectivity index (χ3v) is 3.05. The van der Waals surface area contributed by atoms with Crippen molar-refractivity contribution in [1.82, 2.24) is 0 Å². The minimum absolute atomic E-state index is 0.0866. The Morgan fingerprint density at radius 3 is 2.47 bits per heavy atom. The molecule has 17 heavy (non-hydrogen) atoms. The van der Waals surface area contributed by atoms with Crippen molar-refractivity contribution >= 4 is 21.7 Å². The van der Waals surface area contributed by atoms with Gasteiger partial charge in [-0.05, 0) is 18.2 Å². The van der Waals surface area contributed by atoms with E-state index in [1.165, 1.54) is 0 Å². The maximum absolute atomic E-state index is 9.59. The number of aromatic hydroxyl groups is 2. The van der Waals surface area contributed by atoms with Gasteiger partial charge in [0, 0.05) is 11.5 Å². The van der Waals surface area contributed by atoms with Crippen molar-refractivity contribution in [1.29, 1.82) is 0 Å². The molecular weight excluding hydrogens is 214 g/mol. The van der Waals surface area contributed by atoms with Gasteiger partial charge >= 0.3 is 0 Å². The summed E-state index contributed by atoms with van der Waals surface area (Å²) in [5.41, 5.74) is 1.09. The fourth-order valence-electron chi connectivity index (χ4n) is 2.22. The largest absolute Gasteiger partial charge is 0.504 e. The van der Waals surface area contributed by atoms with E-state index in [0.29, 0.717) is 0 Å². The fourth-order valence-corrected chi connectivity index (χ4v) is 2.22. The molecule has 84 valence electrons. The fraction of sp³-hybridized carbons (Fsp3) is 0.0714. The van der Waals surface area contributed by atoms with Crippen LogP contribution in [0.1, 0.15) is 0 Å². The highest BCUT2D eigenvalue weighted by atomic mass is 16.3. The summed E-state index contributed by atoms with van der Waals surface area (Å²) in [6.07, 6.45) is 1.94. The second kappa shape index (κ2) is 3.35. The number of phenols is 2. The Morgan fingerprint density at radius 2 is 1.65 bits per heavy atom. The van der Waals surface area contributed by atoms with E-state index in [0.717, 1.165) is 21.7 Å². The Bertz CT molecular complexity index is 735. The van der Waals surface area contributed by atoms with Crippen molar-refractivity contribution in [3.8, 4) is 11.5 Å². The summed E-state index contributed by atoms with van der Waals surface area (Å²) in [4.78, 5) is 0. The van der Waals surface area contributed by atoms with Crippen LogP contribution in [0.2, 0.25) is 0 Å². The maximum Gasteiger partial charge on any atom is 0.212 e. The summed E-state index contributed by atoms with van der Waals surface area (Å²) in [6, 6.07) is 11.2. The number of benzene rings is 2. The molecule has 0 fully saturated rings. The van der Waals surface area contributed by atoms with Crippen molar-refractivity contribution in [2.24, 2.45) is 7.05 Å². The van der Waals surface area contributed by atoms with Crippen molar-refractivity contribution in [2.45, 2.75) is 0 Å². The van der Waals surface area contributed by atoms with Gasteiger partial charge in [0.2, 0.25) is 5.52 Å². The van der Waals surface area contributed by atoms with Gasteiger partial charge in [0.05, 0.1) is 10.8 Å². The molecule has 3 heteroatoms. The first-order chi connectivity index (χ1) is 8.16. The maximum atomic E-state index is 9.59. The van der Waals surface area contributed by atoms with Gasteiger partial charge in [-0.3, -0.25) is 0 Å². The van der Waals surface area contributed by atoms with Crippen LogP contribution in [0.3, 0.4) is 0 Å². The third-order valence-electron chi connectivity index (χ3n) is 3.05. The smallest absolute Gasteiger partial charge is 0.212 e. The van der Waals surface area contributed by atoms with Crippen LogP contribution < -0.4 is 4.57 Å². The quantitative estimate of drug-likeness (QED) is 0.351. The first kappa shape index (κ1) is 9.90. The van der Waals surface area contributed by atoms with Crippen LogP contribution in [0.15, 0.2) is 42.6 Å². The Morgan fingerprint density at radius 1 is 0.941 bits per heavy atom. The van der Waals surface area contributed by atoms with Gasteiger partial charge in [0.25, 0.3) is 0 Å². The van der Waals surface area contributed by atoms with Crippen LogP contribution in [-0.2, 0) is 7.05 Å². The first-order valence-electron chi connectivity index (χ1n) is 5.40. The Kier molecular flexibility index (Phi) is 1.95. The Labute approximate surface area is 98.2 Å². The van der Waals surface area contributed by atoms with Crippen LogP contribution in [0, 0.1) is 0 Å². The minimum atomic E-state index is -0.0900. The summed E-state index contributed by atoms with van der Waals surface area (Å²) in [5, 5.41) is 22.0. The van der Waals surface area contributed by atoms with Gasteiger partial charge in [-0.15, -0.1) is 0 Å². The molecule has 3 nitrogen and oxygen atoms in total. The predicted octanol–water partition coefficient (Wildman–Crippen LogP) is 2.23. The topological polar surface area (TPSA) is 44.3 Å². The average Bonchev–Trinajstić information content (AvgIpc) is 2.32. The molecule has 2 N–H and O–H groups in total. The predicted molar refractivity (Wildman–Crippen MR) is 66.0 cm³/mol. The summed E-state index contributed by atoms with van der Waals surface area (Å²) in [6.45, 7) is 0. The molecule has 0 spiro atoms. The van der Waals surface area contributed by atoms with Gasteiger partial charge in [-0.25, -0.2) is 4.57 Å². The third kappa shape index (κ3) is 1.40. The number of para-hydroxylation sites is 1. The SMILES string of the molecule is C[n+]1cc2cc(O)c(O)cc2c2ccccc21. The molecule has 0 radical (unpaired) electrons. The zero-order valence-corrected chi connectivity index (χ0v) is 9.38. The number of nitrogens with zero attached hydrogens (tertiary/aromatic N) is 1. The zero-order valence-electron chi connectivity index (χ0n) is 9.38. The molecule has 0 saturated carbocycles. The van der Waals surface area contributed by atoms with Crippen molar-refractivity contribution in [3.63, 3.8) is 0 Å². The van der Waals surface area contributed by atoms with Crippen LogP contribution in [0.4, 0.5) is 0 Å². The molecule has 1 aromatic heterocycles. The van der Waals surface area contributed by atoms with E-state index in [1.807, 2.05) is 42.1 Å². The molecule has 0 unspecified atom stereocenters. The normalized spacial score (nSPS) is 11.1. The standard InChI is InChI=1S/C14H11NO2/c1-15-8-9-6-13(16)14(17)7-11(9)10-4-2-3-5-12(10)15/h2-8,16H,1H3/p+1. The molecule has 0 aliphatic carbocycles. The molecular formula is C14H12NO2+. The highest BCUT2D eigenvalue weighted by Gasteiger charge is 2.12. The van der Waals surface area contributed by atoms with E-state index in [9.17, 15) is 10.2 Å². The minimum Gasteiger partial charge on any atom is -0.504 e. The highest BCUT2D eigenvalue weighted by Crippen LogP contribution is 2.32. The number of hydrogen-bond acceptors (Lipinski definition) is 2. The Balaban J connectivity index is 2.59. The number of rotatable bonds is 0. The highest BCUT2D eigenvalue weighted by molar-refractivity contribution is 6.04. The molecule has 1 heterocycles. The van der Waals surface area contributed by atoms with E-state index in [4.69, 9.17) is 0 Å². The number of phenolic OH excluding ortho intramolecular Hbond substituents is 2. The van der Waals surface area contributed by atoms with E-state index in [-0.39, 0.29) is 11.5 Å². The van der Waals surface area contributed by atoms with Crippen LogP contribution in [0.25, 0.3) is 21.7 Å². The lowest BCUT2D eigenvalue weighted by Crippen LogP contribution is -2.28. The van der Waals surface area contributed by atoms with Crippen LogP contribution in [-0.4, -0.2) is 10.2 Å². The van der Waals surface area contributed by atoms with Gasteiger partial charge in [-0.1, -0.05) is 12.1 Å². The Hall–Kier alpha value is -2.29. The molecule has 2 aromatic carbocycles. The molecule has 0 atom stereocenters. The van der Waals surface area contributed by atoms with Crippen LogP contribution >= 0.6 is 0 Å². The van der Waals surface area contributed by atoms with Crippen molar-refractivity contribution < 1.29 is 14.8 Å². The second-order valence-corrected chi connectivity index (χ2v) is 4.19. The summed E-state index contributed by atoms with van der Waals surface area (Å²) in [5.74, 6) is -0.177. The van der Waals surface area contributed by atoms with E-state index >= 15 is 0 Å². The lowest BCUT2D eigenvalue weighted by Gasteiger charge is -2.04. The van der Waals surface area contributed by atoms with E-state index in [2.05, 4.69) is 0 Å². The second-order valence-electron chi connectivity index (χ2n) is 4.19. The summed E-state index contributed by atoms with van der Waals surface area (Å²) in [7, 11) is 1.96. The van der Waals surface area contributed by atoms with E-state index in [1.54, 1.807) is 12.1 Å². The molecule has 0 aliphatic heterocycles. The summed E-state index contributed by atoms with van der Waals surface area (Å²) >= 11 is 0. The van der Waals surface area contributed by atoms with Gasteiger partial charge in [-0.2, -0.15) is 0 Å². The molecule has 0 bridgehead atoms. The molecule has 0 saturated heterocycles. The van der Waals surface area contributed by atoms with Crippen LogP contribution in [0.5, 0.6) is 11.5 Å². The number of pyridine rings is 1. The molecule has 0 amide bonds. The lowest BCUT2D eigenvalue weighted by molar-refractivity contribution is -0.643. The lowest BCUT2D eigenvalue weighted by atomic mass is 10.1. The molecule has 3 rings (SSSR count). The number of hydrogen-bond donors (Lipinski definition) is 2. The average molecular weight is 226 g/mol. The number of aryl methyl sites for hydroxylation is 1.